The summed E-state index contributed by atoms with van der Waals surface area (Å²) >= 11 is 0. The Bertz CT molecular complexity index is 648. The molecule has 0 atom stereocenters. The number of hydrogen-bond donors (Lipinski definition) is 3. The van der Waals surface area contributed by atoms with Crippen molar-refractivity contribution < 1.29 is 9.59 Å². The Labute approximate surface area is 115 Å². The number of aromatic amines is 1. The molecule has 4 N–H and O–H groups in total. The highest BCUT2D eigenvalue weighted by Gasteiger charge is 2.16. The first kappa shape index (κ1) is 13.7. The largest absolute Gasteiger partial charge is 0.366 e. The van der Waals surface area contributed by atoms with Crippen molar-refractivity contribution in [1.82, 2.24) is 15.2 Å². The Hall–Kier alpha value is -2.70. The highest BCUT2D eigenvalue weighted by atomic mass is 16.2. The standard InChI is InChI=1S/C13H15N5O2/c1-7(2)11-16-12(18-17-11)13(20)15-9-6-4-3-5-8(9)10(14)19/h3-7H,1-2H3,(H2,14,19)(H,15,20)(H,16,17,18). The van der Waals surface area contributed by atoms with E-state index in [0.29, 0.717) is 11.5 Å². The van der Waals surface area contributed by atoms with Gasteiger partial charge in [-0.3, -0.25) is 14.7 Å². The van der Waals surface area contributed by atoms with Gasteiger partial charge in [-0.25, -0.2) is 4.98 Å². The van der Waals surface area contributed by atoms with Crippen molar-refractivity contribution in [1.29, 1.82) is 0 Å². The first-order valence-corrected chi connectivity index (χ1v) is 6.11. The van der Waals surface area contributed by atoms with Crippen LogP contribution in [-0.4, -0.2) is 27.0 Å². The maximum absolute atomic E-state index is 12.0. The summed E-state index contributed by atoms with van der Waals surface area (Å²) < 4.78 is 0. The lowest BCUT2D eigenvalue weighted by Crippen LogP contribution is -2.19. The summed E-state index contributed by atoms with van der Waals surface area (Å²) in [4.78, 5) is 27.4. The van der Waals surface area contributed by atoms with Crippen LogP contribution >= 0.6 is 0 Å². The number of amides is 2. The third-order valence-electron chi connectivity index (χ3n) is 2.69. The lowest BCUT2D eigenvalue weighted by Gasteiger charge is -2.06. The van der Waals surface area contributed by atoms with Gasteiger partial charge in [0.2, 0.25) is 5.82 Å². The van der Waals surface area contributed by atoms with Crippen molar-refractivity contribution in [2.45, 2.75) is 19.8 Å². The normalized spacial score (nSPS) is 10.6. The Morgan fingerprint density at radius 1 is 1.30 bits per heavy atom. The van der Waals surface area contributed by atoms with E-state index < -0.39 is 11.8 Å². The van der Waals surface area contributed by atoms with Crippen molar-refractivity contribution in [3.63, 3.8) is 0 Å². The number of primary amides is 1. The van der Waals surface area contributed by atoms with Crippen LogP contribution in [0.15, 0.2) is 24.3 Å². The summed E-state index contributed by atoms with van der Waals surface area (Å²) in [6.45, 7) is 3.87. The predicted molar refractivity (Wildman–Crippen MR) is 73.4 cm³/mol. The van der Waals surface area contributed by atoms with Crippen LogP contribution in [0.2, 0.25) is 0 Å². The van der Waals surface area contributed by atoms with Crippen LogP contribution in [0.1, 0.15) is 46.6 Å². The minimum atomic E-state index is -0.612. The second-order valence-corrected chi connectivity index (χ2v) is 4.56. The Kier molecular flexibility index (Phi) is 3.79. The molecule has 1 aromatic heterocycles. The van der Waals surface area contributed by atoms with E-state index >= 15 is 0 Å². The van der Waals surface area contributed by atoms with Crippen LogP contribution in [0.5, 0.6) is 0 Å². The number of nitrogens with two attached hydrogens (primary N) is 1. The maximum Gasteiger partial charge on any atom is 0.295 e. The average molecular weight is 273 g/mol. The van der Waals surface area contributed by atoms with Crippen LogP contribution in [0.3, 0.4) is 0 Å². The molecule has 0 aliphatic rings. The summed E-state index contributed by atoms with van der Waals surface area (Å²) in [5, 5.41) is 9.12. The molecule has 20 heavy (non-hydrogen) atoms. The Balaban J connectivity index is 2.21. The Morgan fingerprint density at radius 3 is 2.60 bits per heavy atom. The van der Waals surface area contributed by atoms with Gasteiger partial charge in [0.25, 0.3) is 11.8 Å². The number of para-hydroxylation sites is 1. The second-order valence-electron chi connectivity index (χ2n) is 4.56. The Morgan fingerprint density at radius 2 is 2.00 bits per heavy atom. The number of nitrogens with zero attached hydrogens (tertiary/aromatic N) is 2. The van der Waals surface area contributed by atoms with Crippen LogP contribution in [0, 0.1) is 0 Å². The van der Waals surface area contributed by atoms with E-state index in [4.69, 9.17) is 5.73 Å². The van der Waals surface area contributed by atoms with Crippen molar-refractivity contribution >= 4 is 17.5 Å². The van der Waals surface area contributed by atoms with Crippen LogP contribution in [-0.2, 0) is 0 Å². The molecule has 0 saturated heterocycles. The zero-order valence-electron chi connectivity index (χ0n) is 11.2. The average Bonchev–Trinajstić information content (AvgIpc) is 2.89. The molecule has 2 amide bonds. The van der Waals surface area contributed by atoms with Crippen LogP contribution < -0.4 is 11.1 Å². The number of carbonyl (C=O) groups is 2. The van der Waals surface area contributed by atoms with Gasteiger partial charge in [-0.1, -0.05) is 26.0 Å². The predicted octanol–water partition coefficient (Wildman–Crippen LogP) is 1.28. The quantitative estimate of drug-likeness (QED) is 0.778. The topological polar surface area (TPSA) is 114 Å². The molecule has 0 bridgehead atoms. The first-order chi connectivity index (χ1) is 9.49. The number of nitrogens with one attached hydrogen (secondary N) is 2. The van der Waals surface area contributed by atoms with Gasteiger partial charge in [0.15, 0.2) is 0 Å². The van der Waals surface area contributed by atoms with Gasteiger partial charge in [-0.15, -0.1) is 5.10 Å². The zero-order valence-corrected chi connectivity index (χ0v) is 11.2. The summed E-state index contributed by atoms with van der Waals surface area (Å²) in [5.41, 5.74) is 5.82. The van der Waals surface area contributed by atoms with E-state index in [1.165, 1.54) is 6.07 Å². The number of aromatic nitrogens is 3. The molecule has 2 rings (SSSR count). The van der Waals surface area contributed by atoms with Gasteiger partial charge in [0.05, 0.1) is 11.3 Å². The maximum atomic E-state index is 12.0. The summed E-state index contributed by atoms with van der Waals surface area (Å²) in [6, 6.07) is 6.49. The van der Waals surface area contributed by atoms with Gasteiger partial charge >= 0.3 is 0 Å². The third-order valence-corrected chi connectivity index (χ3v) is 2.69. The van der Waals surface area contributed by atoms with Crippen molar-refractivity contribution in [3.05, 3.63) is 41.5 Å². The molecule has 0 saturated carbocycles. The molecular weight excluding hydrogens is 258 g/mol. The van der Waals surface area contributed by atoms with E-state index in [1.54, 1.807) is 18.2 Å². The van der Waals surface area contributed by atoms with Crippen LogP contribution in [0.25, 0.3) is 0 Å². The first-order valence-electron chi connectivity index (χ1n) is 6.11. The van der Waals surface area contributed by atoms with Gasteiger partial charge < -0.3 is 11.1 Å². The van der Waals surface area contributed by atoms with Crippen LogP contribution in [0.4, 0.5) is 5.69 Å². The molecule has 7 heteroatoms. The molecule has 0 spiro atoms. The highest BCUT2D eigenvalue weighted by Crippen LogP contribution is 2.15. The second kappa shape index (κ2) is 5.52. The smallest absolute Gasteiger partial charge is 0.295 e. The molecule has 1 aromatic carbocycles. The fourth-order valence-corrected chi connectivity index (χ4v) is 1.62. The van der Waals surface area contributed by atoms with Crippen molar-refractivity contribution in [3.8, 4) is 0 Å². The molecule has 0 aliphatic carbocycles. The minimum Gasteiger partial charge on any atom is -0.366 e. The number of benzene rings is 1. The van der Waals surface area contributed by atoms with E-state index in [1.807, 2.05) is 13.8 Å². The lowest BCUT2D eigenvalue weighted by molar-refractivity contribution is 0.100. The van der Waals surface area contributed by atoms with Gasteiger partial charge in [-0.05, 0) is 12.1 Å². The molecule has 2 aromatic rings. The molecule has 0 radical (unpaired) electrons. The fraction of sp³-hybridized carbons (Fsp3) is 0.231. The number of H-pyrrole nitrogens is 1. The minimum absolute atomic E-state index is 0.0213. The van der Waals surface area contributed by atoms with E-state index in [2.05, 4.69) is 20.5 Å². The fourth-order valence-electron chi connectivity index (χ4n) is 1.62. The van der Waals surface area contributed by atoms with E-state index in [-0.39, 0.29) is 17.3 Å². The number of hydrogen-bond acceptors (Lipinski definition) is 4. The monoisotopic (exact) mass is 273 g/mol. The number of rotatable bonds is 4. The van der Waals surface area contributed by atoms with E-state index in [9.17, 15) is 9.59 Å². The lowest BCUT2D eigenvalue weighted by atomic mass is 10.1. The SMILES string of the molecule is CC(C)c1nc(C(=O)Nc2ccccc2C(N)=O)n[nH]1. The molecule has 7 nitrogen and oxygen atoms in total. The van der Waals surface area contributed by atoms with Gasteiger partial charge in [-0.2, -0.15) is 0 Å². The molecule has 0 unspecified atom stereocenters. The third kappa shape index (κ3) is 2.82. The molecular formula is C13H15N5O2. The zero-order chi connectivity index (χ0) is 14.7. The molecule has 0 aliphatic heterocycles. The highest BCUT2D eigenvalue weighted by molar-refractivity contribution is 6.07. The van der Waals surface area contributed by atoms with E-state index in [0.717, 1.165) is 0 Å². The van der Waals surface area contributed by atoms with Gasteiger partial charge in [0, 0.05) is 5.92 Å². The number of anilines is 1. The van der Waals surface area contributed by atoms with Crippen molar-refractivity contribution in [2.75, 3.05) is 5.32 Å². The number of carbonyl (C=O) groups excluding carboxylic acids is 2. The summed E-state index contributed by atoms with van der Waals surface area (Å²) in [6.07, 6.45) is 0. The molecule has 104 valence electrons. The van der Waals surface area contributed by atoms with Crippen molar-refractivity contribution in [2.24, 2.45) is 5.73 Å². The summed E-state index contributed by atoms with van der Waals surface area (Å²) in [7, 11) is 0. The molecule has 0 fully saturated rings. The molecule has 1 heterocycles. The van der Waals surface area contributed by atoms with Gasteiger partial charge in [0.1, 0.15) is 5.82 Å². The summed E-state index contributed by atoms with van der Waals surface area (Å²) in [5.74, 6) is -0.325.